The average Bonchev–Trinajstić information content (AvgIpc) is 2.33. The summed E-state index contributed by atoms with van der Waals surface area (Å²) in [6.45, 7) is 2.29. The molecule has 2 rings (SSSR count). The molecule has 2 nitrogen and oxygen atoms in total. The number of nitrogens with one attached hydrogen (secondary N) is 1. The van der Waals surface area contributed by atoms with Crippen molar-refractivity contribution in [3.8, 4) is 0 Å². The molecular formula is C8H12N2. The van der Waals surface area contributed by atoms with E-state index < -0.39 is 0 Å². The predicted molar refractivity (Wildman–Crippen MR) is 39.8 cm³/mol. The van der Waals surface area contributed by atoms with Gasteiger partial charge in [-0.2, -0.15) is 0 Å². The Hall–Kier alpha value is -0.790. The fourth-order valence-electron chi connectivity index (χ4n) is 1.56. The Kier molecular flexibility index (Phi) is 1.26. The normalized spacial score (nSPS) is 24.3. The lowest BCUT2D eigenvalue weighted by Gasteiger charge is -2.15. The monoisotopic (exact) mass is 136 g/mol. The van der Waals surface area contributed by atoms with Gasteiger partial charge >= 0.3 is 0 Å². The largest absolute Gasteiger partial charge is 0.348 e. The van der Waals surface area contributed by atoms with Crippen LogP contribution in [0.15, 0.2) is 6.33 Å². The maximum Gasteiger partial charge on any atom is 0.0925 e. The van der Waals surface area contributed by atoms with Crippen LogP contribution < -0.4 is 0 Å². The van der Waals surface area contributed by atoms with Gasteiger partial charge in [0, 0.05) is 5.69 Å². The van der Waals surface area contributed by atoms with Crippen molar-refractivity contribution in [3.05, 3.63) is 17.7 Å². The highest BCUT2D eigenvalue weighted by Gasteiger charge is 2.16. The summed E-state index contributed by atoms with van der Waals surface area (Å²) in [5, 5.41) is 0. The van der Waals surface area contributed by atoms with Gasteiger partial charge in [-0.3, -0.25) is 0 Å². The van der Waals surface area contributed by atoms with Crippen LogP contribution >= 0.6 is 0 Å². The van der Waals surface area contributed by atoms with E-state index in [4.69, 9.17) is 0 Å². The molecule has 0 saturated heterocycles. The summed E-state index contributed by atoms with van der Waals surface area (Å²) >= 11 is 0. The van der Waals surface area contributed by atoms with Crippen LogP contribution in [0.4, 0.5) is 0 Å². The van der Waals surface area contributed by atoms with E-state index in [1.165, 1.54) is 30.7 Å². The Morgan fingerprint density at radius 1 is 1.70 bits per heavy atom. The lowest BCUT2D eigenvalue weighted by molar-refractivity contribution is 0.492. The molecule has 1 atom stereocenters. The highest BCUT2D eigenvalue weighted by molar-refractivity contribution is 5.14. The molecule has 1 heterocycles. The number of H-pyrrole nitrogens is 1. The molecule has 1 aromatic heterocycles. The fraction of sp³-hybridized carbons (Fsp3) is 0.625. The third-order valence-electron chi connectivity index (χ3n) is 2.24. The van der Waals surface area contributed by atoms with Crippen molar-refractivity contribution in [2.45, 2.75) is 26.2 Å². The fourth-order valence-corrected chi connectivity index (χ4v) is 1.56. The van der Waals surface area contributed by atoms with Gasteiger partial charge in [0.05, 0.1) is 12.0 Å². The zero-order valence-electron chi connectivity index (χ0n) is 6.22. The van der Waals surface area contributed by atoms with Crippen molar-refractivity contribution in [3.63, 3.8) is 0 Å². The van der Waals surface area contributed by atoms with E-state index in [0.29, 0.717) is 0 Å². The van der Waals surface area contributed by atoms with Crippen LogP contribution in [0.25, 0.3) is 0 Å². The average molecular weight is 136 g/mol. The van der Waals surface area contributed by atoms with E-state index in [-0.39, 0.29) is 0 Å². The molecule has 2 heteroatoms. The molecular weight excluding hydrogens is 124 g/mol. The molecule has 1 N–H and O–H groups in total. The molecule has 0 bridgehead atoms. The van der Waals surface area contributed by atoms with Gasteiger partial charge in [0.1, 0.15) is 0 Å². The highest BCUT2D eigenvalue weighted by Crippen LogP contribution is 2.21. The molecule has 0 saturated carbocycles. The summed E-state index contributed by atoms with van der Waals surface area (Å²) < 4.78 is 0. The Balaban J connectivity index is 2.30. The van der Waals surface area contributed by atoms with E-state index in [1.807, 2.05) is 6.33 Å². The van der Waals surface area contributed by atoms with Crippen molar-refractivity contribution in [2.24, 2.45) is 5.92 Å². The summed E-state index contributed by atoms with van der Waals surface area (Å²) in [7, 11) is 0. The number of aryl methyl sites for hydroxylation is 1. The van der Waals surface area contributed by atoms with Crippen LogP contribution in [-0.2, 0) is 12.8 Å². The molecule has 0 spiro atoms. The maximum absolute atomic E-state index is 4.25. The van der Waals surface area contributed by atoms with Crippen LogP contribution in [0.3, 0.4) is 0 Å². The first kappa shape index (κ1) is 5.96. The Morgan fingerprint density at radius 2 is 2.60 bits per heavy atom. The molecule has 1 unspecified atom stereocenters. The van der Waals surface area contributed by atoms with Gasteiger partial charge in [-0.25, -0.2) is 4.98 Å². The number of rotatable bonds is 0. The van der Waals surface area contributed by atoms with Crippen LogP contribution in [-0.4, -0.2) is 9.97 Å². The summed E-state index contributed by atoms with van der Waals surface area (Å²) in [6.07, 6.45) is 5.48. The first-order chi connectivity index (χ1) is 4.86. The van der Waals surface area contributed by atoms with E-state index in [0.717, 1.165) is 5.92 Å². The first-order valence-corrected chi connectivity index (χ1v) is 3.87. The van der Waals surface area contributed by atoms with Crippen LogP contribution in [0, 0.1) is 5.92 Å². The lowest BCUT2D eigenvalue weighted by Crippen LogP contribution is -2.10. The molecule has 1 aliphatic carbocycles. The first-order valence-electron chi connectivity index (χ1n) is 3.87. The minimum atomic E-state index is 0.829. The molecule has 10 heavy (non-hydrogen) atoms. The highest BCUT2D eigenvalue weighted by atomic mass is 14.9. The van der Waals surface area contributed by atoms with Crippen molar-refractivity contribution < 1.29 is 0 Å². The number of imidazole rings is 1. The Morgan fingerprint density at radius 3 is 3.50 bits per heavy atom. The van der Waals surface area contributed by atoms with Crippen LogP contribution in [0.2, 0.25) is 0 Å². The van der Waals surface area contributed by atoms with Gasteiger partial charge in [-0.1, -0.05) is 6.92 Å². The number of hydrogen-bond donors (Lipinski definition) is 1. The van der Waals surface area contributed by atoms with Gasteiger partial charge in [0.25, 0.3) is 0 Å². The number of fused-ring (bicyclic) bond motifs is 1. The van der Waals surface area contributed by atoms with Crippen molar-refractivity contribution in [1.82, 2.24) is 9.97 Å². The van der Waals surface area contributed by atoms with E-state index in [9.17, 15) is 0 Å². The summed E-state index contributed by atoms with van der Waals surface area (Å²) in [5.41, 5.74) is 2.65. The smallest absolute Gasteiger partial charge is 0.0925 e. The quantitative estimate of drug-likeness (QED) is 0.575. The molecule has 0 amide bonds. The molecule has 1 aromatic rings. The maximum atomic E-state index is 4.25. The minimum Gasteiger partial charge on any atom is -0.348 e. The van der Waals surface area contributed by atoms with Gasteiger partial charge in [0.2, 0.25) is 0 Å². The number of aromatic nitrogens is 2. The SMILES string of the molecule is CC1CCc2[nH]cnc2C1. The second kappa shape index (κ2) is 2.11. The molecule has 54 valence electrons. The topological polar surface area (TPSA) is 28.7 Å². The number of aromatic amines is 1. The lowest BCUT2D eigenvalue weighted by atomic mass is 9.92. The van der Waals surface area contributed by atoms with Crippen molar-refractivity contribution in [2.75, 3.05) is 0 Å². The van der Waals surface area contributed by atoms with Crippen LogP contribution in [0.5, 0.6) is 0 Å². The zero-order chi connectivity index (χ0) is 6.97. The third kappa shape index (κ3) is 0.838. The van der Waals surface area contributed by atoms with Crippen LogP contribution in [0.1, 0.15) is 24.7 Å². The Labute approximate surface area is 60.7 Å². The van der Waals surface area contributed by atoms with Crippen molar-refractivity contribution >= 4 is 0 Å². The molecule has 0 radical (unpaired) electrons. The van der Waals surface area contributed by atoms with E-state index in [2.05, 4.69) is 16.9 Å². The van der Waals surface area contributed by atoms with Gasteiger partial charge in [0.15, 0.2) is 0 Å². The van der Waals surface area contributed by atoms with E-state index in [1.54, 1.807) is 0 Å². The summed E-state index contributed by atoms with van der Waals surface area (Å²) in [4.78, 5) is 7.42. The summed E-state index contributed by atoms with van der Waals surface area (Å²) in [6, 6.07) is 0. The second-order valence-corrected chi connectivity index (χ2v) is 3.18. The van der Waals surface area contributed by atoms with Gasteiger partial charge < -0.3 is 4.98 Å². The summed E-state index contributed by atoms with van der Waals surface area (Å²) in [5.74, 6) is 0.829. The van der Waals surface area contributed by atoms with Gasteiger partial charge in [-0.05, 0) is 25.2 Å². The van der Waals surface area contributed by atoms with E-state index >= 15 is 0 Å². The molecule has 0 aliphatic heterocycles. The predicted octanol–water partition coefficient (Wildman–Crippen LogP) is 1.53. The molecule has 0 fully saturated rings. The number of nitrogens with zero attached hydrogens (tertiary/aromatic N) is 1. The van der Waals surface area contributed by atoms with Gasteiger partial charge in [-0.15, -0.1) is 0 Å². The Bertz CT molecular complexity index is 227. The molecule has 0 aromatic carbocycles. The standard InChI is InChI=1S/C8H12N2/c1-6-2-3-7-8(4-6)10-5-9-7/h5-6H,2-4H2,1H3,(H,9,10). The molecule has 1 aliphatic rings. The minimum absolute atomic E-state index is 0.829. The second-order valence-electron chi connectivity index (χ2n) is 3.18. The third-order valence-corrected chi connectivity index (χ3v) is 2.24. The van der Waals surface area contributed by atoms with Crippen molar-refractivity contribution in [1.29, 1.82) is 0 Å². The number of hydrogen-bond acceptors (Lipinski definition) is 1. The zero-order valence-corrected chi connectivity index (χ0v) is 6.22.